The molecule has 0 bridgehead atoms. The fourth-order valence-corrected chi connectivity index (χ4v) is 1.57. The van der Waals surface area contributed by atoms with E-state index in [4.69, 9.17) is 4.74 Å². The second kappa shape index (κ2) is 3.07. The van der Waals surface area contributed by atoms with Crippen molar-refractivity contribution in [1.29, 1.82) is 0 Å². The van der Waals surface area contributed by atoms with Gasteiger partial charge in [0.25, 0.3) is 0 Å². The first-order valence-corrected chi connectivity index (χ1v) is 4.53. The molecule has 0 radical (unpaired) electrons. The van der Waals surface area contributed by atoms with Crippen LogP contribution in [0.4, 0.5) is 0 Å². The number of carbonyl (C=O) groups excluding carboxylic acids is 1. The lowest BCUT2D eigenvalue weighted by Gasteiger charge is -2.47. The van der Waals surface area contributed by atoms with Crippen molar-refractivity contribution >= 4 is 5.97 Å². The summed E-state index contributed by atoms with van der Waals surface area (Å²) in [7, 11) is 0. The lowest BCUT2D eigenvalue weighted by molar-refractivity contribution is -0.297. The third-order valence-corrected chi connectivity index (χ3v) is 3.03. The van der Waals surface area contributed by atoms with Crippen LogP contribution in [-0.2, 0) is 9.53 Å². The minimum atomic E-state index is -2.07. The zero-order valence-corrected chi connectivity index (χ0v) is 8.65. The van der Waals surface area contributed by atoms with Crippen molar-refractivity contribution in [1.82, 2.24) is 0 Å². The Labute approximate surface area is 83.2 Å². The van der Waals surface area contributed by atoms with Gasteiger partial charge in [-0.2, -0.15) is 0 Å². The minimum Gasteiger partial charge on any atom is -0.457 e. The van der Waals surface area contributed by atoms with Gasteiger partial charge in [-0.3, -0.25) is 4.79 Å². The number of cyclic esters (lactones) is 1. The molecule has 0 aromatic rings. The molecule has 14 heavy (non-hydrogen) atoms. The number of aliphatic hydroxyl groups is 2. The summed E-state index contributed by atoms with van der Waals surface area (Å²) in [5.74, 6) is -3.28. The highest BCUT2D eigenvalue weighted by atomic mass is 16.6. The van der Waals surface area contributed by atoms with E-state index in [0.29, 0.717) is 0 Å². The molecule has 0 spiro atoms. The summed E-state index contributed by atoms with van der Waals surface area (Å²) in [6.07, 6.45) is 0.754. The summed E-state index contributed by atoms with van der Waals surface area (Å²) >= 11 is 0. The second-order valence-electron chi connectivity index (χ2n) is 4.25. The number of esters is 1. The first-order chi connectivity index (χ1) is 6.25. The number of rotatable bonds is 1. The average molecular weight is 200 g/mol. The van der Waals surface area contributed by atoms with Gasteiger partial charge in [0.2, 0.25) is 0 Å². The molecule has 0 saturated carbocycles. The fourth-order valence-electron chi connectivity index (χ4n) is 1.57. The third-order valence-electron chi connectivity index (χ3n) is 3.03. The quantitative estimate of drug-likeness (QED) is 0.366. The minimum absolute atomic E-state index is 0.590. The maximum Gasteiger partial charge on any atom is 0.317 e. The van der Waals surface area contributed by atoms with E-state index in [-0.39, 0.29) is 0 Å². The van der Waals surface area contributed by atoms with E-state index in [2.05, 4.69) is 6.58 Å². The summed E-state index contributed by atoms with van der Waals surface area (Å²) in [6.45, 7) is 7.99. The lowest BCUT2D eigenvalue weighted by Crippen LogP contribution is -2.62. The molecule has 0 unspecified atom stereocenters. The van der Waals surface area contributed by atoms with Crippen LogP contribution in [0.15, 0.2) is 12.7 Å². The van der Waals surface area contributed by atoms with Crippen LogP contribution in [0.3, 0.4) is 0 Å². The number of carbonyl (C=O) groups is 1. The molecule has 0 aromatic carbocycles. The van der Waals surface area contributed by atoms with Gasteiger partial charge in [0.05, 0.1) is 5.92 Å². The molecule has 1 fully saturated rings. The molecule has 0 aliphatic carbocycles. The SMILES string of the molecule is C=C[C@@H]1OC(=O)C(C)(C)C(O)(O)[C@H]1C. The summed E-state index contributed by atoms with van der Waals surface area (Å²) in [5, 5.41) is 19.7. The second-order valence-corrected chi connectivity index (χ2v) is 4.25. The molecule has 2 N–H and O–H groups in total. The predicted octanol–water partition coefficient (Wildman–Crippen LogP) is 0.441. The Morgan fingerprint density at radius 2 is 2.00 bits per heavy atom. The van der Waals surface area contributed by atoms with Gasteiger partial charge in [0.15, 0.2) is 5.79 Å². The topological polar surface area (TPSA) is 66.8 Å². The fraction of sp³-hybridized carbons (Fsp3) is 0.700. The number of hydrogen-bond acceptors (Lipinski definition) is 4. The van der Waals surface area contributed by atoms with Crippen LogP contribution in [0.1, 0.15) is 20.8 Å². The highest BCUT2D eigenvalue weighted by Crippen LogP contribution is 2.42. The van der Waals surface area contributed by atoms with E-state index < -0.39 is 29.2 Å². The molecule has 80 valence electrons. The molecule has 4 nitrogen and oxygen atoms in total. The highest BCUT2D eigenvalue weighted by Gasteiger charge is 2.58. The van der Waals surface area contributed by atoms with E-state index in [1.165, 1.54) is 19.9 Å². The molecular weight excluding hydrogens is 184 g/mol. The summed E-state index contributed by atoms with van der Waals surface area (Å²) in [5.41, 5.74) is -1.31. The Hall–Kier alpha value is -0.870. The standard InChI is InChI=1S/C10H16O4/c1-5-7-6(2)10(12,13)9(3,4)8(11)14-7/h5-7,12-13H,1H2,2-4H3/t6-,7-/m0/s1. The number of ether oxygens (including phenoxy) is 1. The van der Waals surface area contributed by atoms with Crippen molar-refractivity contribution in [2.24, 2.45) is 11.3 Å². The van der Waals surface area contributed by atoms with Gasteiger partial charge >= 0.3 is 5.97 Å². The summed E-state index contributed by atoms with van der Waals surface area (Å²) in [4.78, 5) is 11.5. The van der Waals surface area contributed by atoms with Crippen molar-refractivity contribution in [3.8, 4) is 0 Å². The molecule has 1 heterocycles. The van der Waals surface area contributed by atoms with Crippen molar-refractivity contribution in [2.75, 3.05) is 0 Å². The van der Waals surface area contributed by atoms with E-state index in [1.807, 2.05) is 0 Å². The van der Waals surface area contributed by atoms with Gasteiger partial charge in [0.1, 0.15) is 11.5 Å². The Morgan fingerprint density at radius 1 is 1.50 bits per heavy atom. The van der Waals surface area contributed by atoms with Crippen LogP contribution in [0.5, 0.6) is 0 Å². The van der Waals surface area contributed by atoms with E-state index in [9.17, 15) is 15.0 Å². The predicted molar refractivity (Wildman–Crippen MR) is 50.2 cm³/mol. The maximum absolute atomic E-state index is 11.5. The van der Waals surface area contributed by atoms with E-state index in [1.54, 1.807) is 6.92 Å². The van der Waals surface area contributed by atoms with Crippen LogP contribution in [-0.4, -0.2) is 28.1 Å². The Bertz CT molecular complexity index is 267. The molecule has 0 aromatic heterocycles. The van der Waals surface area contributed by atoms with Crippen LogP contribution < -0.4 is 0 Å². The van der Waals surface area contributed by atoms with Crippen molar-refractivity contribution < 1.29 is 19.7 Å². The monoisotopic (exact) mass is 200 g/mol. The number of hydrogen-bond donors (Lipinski definition) is 2. The van der Waals surface area contributed by atoms with Gasteiger partial charge in [0, 0.05) is 0 Å². The molecule has 1 aliphatic rings. The van der Waals surface area contributed by atoms with Crippen molar-refractivity contribution in [3.05, 3.63) is 12.7 Å². The van der Waals surface area contributed by atoms with Gasteiger partial charge in [-0.1, -0.05) is 19.6 Å². The Morgan fingerprint density at radius 3 is 2.43 bits per heavy atom. The van der Waals surface area contributed by atoms with Gasteiger partial charge in [-0.15, -0.1) is 0 Å². The molecule has 1 rings (SSSR count). The van der Waals surface area contributed by atoms with Gasteiger partial charge in [-0.25, -0.2) is 0 Å². The molecule has 1 saturated heterocycles. The zero-order chi connectivity index (χ0) is 11.1. The van der Waals surface area contributed by atoms with Crippen molar-refractivity contribution in [2.45, 2.75) is 32.7 Å². The molecule has 1 aliphatic heterocycles. The smallest absolute Gasteiger partial charge is 0.317 e. The molecular formula is C10H16O4. The third kappa shape index (κ3) is 1.26. The van der Waals surface area contributed by atoms with Crippen LogP contribution in [0, 0.1) is 11.3 Å². The Balaban J connectivity index is 3.10. The normalized spacial score (nSPS) is 34.8. The van der Waals surface area contributed by atoms with Crippen LogP contribution in [0.2, 0.25) is 0 Å². The van der Waals surface area contributed by atoms with Crippen LogP contribution in [0.25, 0.3) is 0 Å². The van der Waals surface area contributed by atoms with E-state index >= 15 is 0 Å². The summed E-state index contributed by atoms with van der Waals surface area (Å²) < 4.78 is 5.02. The van der Waals surface area contributed by atoms with Gasteiger partial charge in [-0.05, 0) is 13.8 Å². The molecule has 4 heteroatoms. The van der Waals surface area contributed by atoms with Gasteiger partial charge < -0.3 is 14.9 Å². The lowest BCUT2D eigenvalue weighted by atomic mass is 9.72. The molecule has 2 atom stereocenters. The maximum atomic E-state index is 11.5. The van der Waals surface area contributed by atoms with Crippen LogP contribution >= 0.6 is 0 Å². The Kier molecular flexibility index (Phi) is 2.46. The zero-order valence-electron chi connectivity index (χ0n) is 8.65. The summed E-state index contributed by atoms with van der Waals surface area (Å²) in [6, 6.07) is 0. The average Bonchev–Trinajstić information content (AvgIpc) is 2.10. The first-order valence-electron chi connectivity index (χ1n) is 4.53. The van der Waals surface area contributed by atoms with Crippen molar-refractivity contribution in [3.63, 3.8) is 0 Å². The first kappa shape index (κ1) is 11.2. The van der Waals surface area contributed by atoms with E-state index in [0.717, 1.165) is 0 Å². The highest BCUT2D eigenvalue weighted by molar-refractivity contribution is 5.78. The largest absolute Gasteiger partial charge is 0.457 e. The molecule has 0 amide bonds.